The predicted octanol–water partition coefficient (Wildman–Crippen LogP) is 3.94. The summed E-state index contributed by atoms with van der Waals surface area (Å²) in [6.07, 6.45) is 5.22. The summed E-state index contributed by atoms with van der Waals surface area (Å²) >= 11 is 0. The molecular weight excluding hydrogens is 260 g/mol. The molecule has 2 nitrogen and oxygen atoms in total. The molecule has 0 N–H and O–H groups in total. The van der Waals surface area contributed by atoms with E-state index in [0.29, 0.717) is 0 Å². The van der Waals surface area contributed by atoms with Crippen LogP contribution in [0.2, 0.25) is 0 Å². The maximum absolute atomic E-state index is 5.28. The molecular formula is C19H20O2. The van der Waals surface area contributed by atoms with E-state index in [1.165, 1.54) is 16.7 Å². The van der Waals surface area contributed by atoms with Crippen LogP contribution in [0.15, 0.2) is 60.4 Å². The van der Waals surface area contributed by atoms with E-state index >= 15 is 0 Å². The summed E-state index contributed by atoms with van der Waals surface area (Å²) in [6, 6.07) is 17.0. The molecule has 108 valence electrons. The highest BCUT2D eigenvalue weighted by molar-refractivity contribution is 5.33. The molecule has 21 heavy (non-hydrogen) atoms. The maximum Gasteiger partial charge on any atom is 0.145 e. The van der Waals surface area contributed by atoms with E-state index < -0.39 is 0 Å². The Morgan fingerprint density at radius 3 is 2.62 bits per heavy atom. The minimum atomic E-state index is 0.811. The van der Waals surface area contributed by atoms with E-state index in [9.17, 15) is 0 Å². The molecule has 0 spiro atoms. The van der Waals surface area contributed by atoms with Crippen LogP contribution in [0.3, 0.4) is 0 Å². The molecule has 2 aromatic carbocycles. The van der Waals surface area contributed by atoms with Crippen molar-refractivity contribution < 1.29 is 9.47 Å². The van der Waals surface area contributed by atoms with Gasteiger partial charge in [-0.05, 0) is 54.2 Å². The molecule has 1 fully saturated rings. The van der Waals surface area contributed by atoms with Crippen molar-refractivity contribution in [2.75, 3.05) is 13.7 Å². The summed E-state index contributed by atoms with van der Waals surface area (Å²) in [6.45, 7) is 0.811. The quantitative estimate of drug-likeness (QED) is 0.748. The van der Waals surface area contributed by atoms with Crippen LogP contribution in [0.5, 0.6) is 5.75 Å². The molecule has 1 saturated heterocycles. The van der Waals surface area contributed by atoms with Gasteiger partial charge in [0.1, 0.15) is 18.1 Å². The van der Waals surface area contributed by atoms with Crippen molar-refractivity contribution in [3.63, 3.8) is 0 Å². The lowest BCUT2D eigenvalue weighted by molar-refractivity contribution is 0.414. The lowest BCUT2D eigenvalue weighted by Crippen LogP contribution is -1.97. The van der Waals surface area contributed by atoms with Crippen LogP contribution < -0.4 is 4.74 Å². The number of allylic oxidation sites excluding steroid dienone is 1. The Morgan fingerprint density at radius 1 is 1.05 bits per heavy atom. The van der Waals surface area contributed by atoms with Crippen LogP contribution >= 0.6 is 0 Å². The van der Waals surface area contributed by atoms with Crippen molar-refractivity contribution in [2.24, 2.45) is 0 Å². The first-order chi connectivity index (χ1) is 10.3. The first kappa shape index (κ1) is 13.7. The zero-order valence-corrected chi connectivity index (χ0v) is 12.3. The molecule has 1 aliphatic heterocycles. The third-order valence-corrected chi connectivity index (χ3v) is 3.80. The fraction of sp³-hybridized carbons (Fsp3) is 0.263. The van der Waals surface area contributed by atoms with Crippen molar-refractivity contribution in [1.82, 2.24) is 0 Å². The fourth-order valence-corrected chi connectivity index (χ4v) is 2.49. The number of ether oxygens (including phenoxy) is 2. The summed E-state index contributed by atoms with van der Waals surface area (Å²) in [5.74, 6) is 2.05. The van der Waals surface area contributed by atoms with Crippen LogP contribution in [-0.4, -0.2) is 13.7 Å². The number of rotatable bonds is 6. The highest BCUT2D eigenvalue weighted by Crippen LogP contribution is 2.19. The highest BCUT2D eigenvalue weighted by atomic mass is 16.6. The second-order valence-electron chi connectivity index (χ2n) is 5.28. The predicted molar refractivity (Wildman–Crippen MR) is 84.6 cm³/mol. The topological polar surface area (TPSA) is 21.8 Å². The number of hydrogen-bond acceptors (Lipinski definition) is 2. The monoisotopic (exact) mass is 280 g/mol. The molecule has 3 rings (SSSR count). The van der Waals surface area contributed by atoms with E-state index in [4.69, 9.17) is 9.47 Å². The largest absolute Gasteiger partial charge is 0.497 e. The first-order valence-corrected chi connectivity index (χ1v) is 7.37. The van der Waals surface area contributed by atoms with Crippen LogP contribution in [0.1, 0.15) is 16.7 Å². The first-order valence-electron chi connectivity index (χ1n) is 7.37. The van der Waals surface area contributed by atoms with Crippen LogP contribution in [0, 0.1) is 0 Å². The van der Waals surface area contributed by atoms with E-state index in [-0.39, 0.29) is 0 Å². The van der Waals surface area contributed by atoms with E-state index in [1.807, 2.05) is 6.07 Å². The normalized spacial score (nSPS) is 14.8. The van der Waals surface area contributed by atoms with Gasteiger partial charge in [-0.3, -0.25) is 0 Å². The fourth-order valence-electron chi connectivity index (χ4n) is 2.49. The third-order valence-electron chi connectivity index (χ3n) is 3.80. The number of epoxide rings is 1. The van der Waals surface area contributed by atoms with Crippen molar-refractivity contribution >= 4 is 0 Å². The van der Waals surface area contributed by atoms with Crippen molar-refractivity contribution in [3.05, 3.63) is 77.1 Å². The molecule has 1 aliphatic rings. The molecule has 1 heterocycles. The van der Waals surface area contributed by atoms with Gasteiger partial charge in [0.05, 0.1) is 7.11 Å². The van der Waals surface area contributed by atoms with Crippen molar-refractivity contribution in [3.8, 4) is 5.75 Å². The molecule has 0 radical (unpaired) electrons. The number of methoxy groups -OCH3 is 1. The molecule has 2 aromatic rings. The van der Waals surface area contributed by atoms with E-state index in [2.05, 4.69) is 48.5 Å². The summed E-state index contributed by atoms with van der Waals surface area (Å²) < 4.78 is 10.5. The van der Waals surface area contributed by atoms with Crippen LogP contribution in [-0.2, 0) is 24.0 Å². The SMILES string of the molecule is COc1cccc(CCc2ccccc2C/C=C2/CO2)c1. The smallest absolute Gasteiger partial charge is 0.145 e. The second kappa shape index (κ2) is 6.49. The highest BCUT2D eigenvalue weighted by Gasteiger charge is 2.12. The van der Waals surface area contributed by atoms with Gasteiger partial charge in [0.2, 0.25) is 0 Å². The molecule has 0 unspecified atom stereocenters. The van der Waals surface area contributed by atoms with Gasteiger partial charge in [-0.1, -0.05) is 36.4 Å². The van der Waals surface area contributed by atoms with Crippen molar-refractivity contribution in [1.29, 1.82) is 0 Å². The van der Waals surface area contributed by atoms with E-state index in [0.717, 1.165) is 37.4 Å². The standard InChI is InChI=1S/C19H20O2/c1-20-18-8-4-5-15(13-18)9-10-16-6-2-3-7-17(16)11-12-19-14-21-19/h2-8,12-13H,9-11,14H2,1H3/b19-12-. The molecule has 2 heteroatoms. The Bertz CT molecular complexity index is 638. The Labute approximate surface area is 126 Å². The number of hydrogen-bond donors (Lipinski definition) is 0. The van der Waals surface area contributed by atoms with Crippen LogP contribution in [0.25, 0.3) is 0 Å². The maximum atomic E-state index is 5.28. The molecule has 0 aromatic heterocycles. The molecule has 0 saturated carbocycles. The van der Waals surface area contributed by atoms with Crippen LogP contribution in [0.4, 0.5) is 0 Å². The van der Waals surface area contributed by atoms with Gasteiger partial charge in [-0.25, -0.2) is 0 Å². The Kier molecular flexibility index (Phi) is 4.25. The second-order valence-corrected chi connectivity index (χ2v) is 5.28. The van der Waals surface area contributed by atoms with Gasteiger partial charge in [-0.2, -0.15) is 0 Å². The molecule has 0 aliphatic carbocycles. The van der Waals surface area contributed by atoms with Gasteiger partial charge in [0.25, 0.3) is 0 Å². The lowest BCUT2D eigenvalue weighted by Gasteiger charge is -2.08. The summed E-state index contributed by atoms with van der Waals surface area (Å²) in [7, 11) is 1.71. The summed E-state index contributed by atoms with van der Waals surface area (Å²) in [5, 5.41) is 0. The zero-order valence-electron chi connectivity index (χ0n) is 12.3. The minimum absolute atomic E-state index is 0.811. The number of aryl methyl sites for hydroxylation is 2. The average molecular weight is 280 g/mol. The summed E-state index contributed by atoms with van der Waals surface area (Å²) in [5.41, 5.74) is 4.12. The van der Waals surface area contributed by atoms with E-state index in [1.54, 1.807) is 7.11 Å². The molecule has 0 atom stereocenters. The number of benzene rings is 2. The molecule has 0 bridgehead atoms. The zero-order chi connectivity index (χ0) is 14.5. The van der Waals surface area contributed by atoms with Gasteiger partial charge in [-0.15, -0.1) is 0 Å². The Hall–Kier alpha value is -2.22. The average Bonchev–Trinajstić information content (AvgIpc) is 3.36. The third kappa shape index (κ3) is 3.88. The van der Waals surface area contributed by atoms with Gasteiger partial charge in [0, 0.05) is 0 Å². The van der Waals surface area contributed by atoms with Gasteiger partial charge >= 0.3 is 0 Å². The van der Waals surface area contributed by atoms with Gasteiger partial charge < -0.3 is 9.47 Å². The Balaban J connectivity index is 1.67. The summed E-state index contributed by atoms with van der Waals surface area (Å²) in [4.78, 5) is 0. The lowest BCUT2D eigenvalue weighted by atomic mass is 9.98. The van der Waals surface area contributed by atoms with Gasteiger partial charge in [0.15, 0.2) is 0 Å². The minimum Gasteiger partial charge on any atom is -0.497 e. The molecule has 0 amide bonds. The van der Waals surface area contributed by atoms with Crippen molar-refractivity contribution in [2.45, 2.75) is 19.3 Å². The Morgan fingerprint density at radius 2 is 1.86 bits per heavy atom.